The van der Waals surface area contributed by atoms with Crippen LogP contribution in [0.1, 0.15) is 11.1 Å². The summed E-state index contributed by atoms with van der Waals surface area (Å²) in [4.78, 5) is 0. The molecule has 0 saturated heterocycles. The van der Waals surface area contributed by atoms with E-state index in [0.717, 1.165) is 17.6 Å². The summed E-state index contributed by atoms with van der Waals surface area (Å²) >= 11 is 0. The Balaban J connectivity index is 2.07. The van der Waals surface area contributed by atoms with Gasteiger partial charge in [0.1, 0.15) is 5.75 Å². The number of nitrogens with zero attached hydrogens (tertiary/aromatic N) is 1. The normalized spacial score (nSPS) is 11.3. The first kappa shape index (κ1) is 13.0. The van der Waals surface area contributed by atoms with Gasteiger partial charge in [-0.25, -0.2) is 0 Å². The van der Waals surface area contributed by atoms with E-state index in [1.807, 2.05) is 19.1 Å². The molecule has 22 heavy (non-hydrogen) atoms. The van der Waals surface area contributed by atoms with Gasteiger partial charge in [0.25, 0.3) is 0 Å². The monoisotopic (exact) mass is 287 g/mol. The molecule has 0 spiro atoms. The summed E-state index contributed by atoms with van der Waals surface area (Å²) in [6, 6.07) is 22.7. The first-order valence-electron chi connectivity index (χ1n) is 7.49. The van der Waals surface area contributed by atoms with Crippen molar-refractivity contribution in [2.24, 2.45) is 0 Å². The molecule has 0 aliphatic rings. The van der Waals surface area contributed by atoms with E-state index in [0.29, 0.717) is 5.75 Å². The summed E-state index contributed by atoms with van der Waals surface area (Å²) in [6.45, 7) is 2.78. The van der Waals surface area contributed by atoms with Crippen LogP contribution >= 0.6 is 0 Å². The van der Waals surface area contributed by atoms with Crippen LogP contribution in [0.15, 0.2) is 66.7 Å². The van der Waals surface area contributed by atoms with E-state index in [1.54, 1.807) is 6.07 Å². The lowest BCUT2D eigenvalue weighted by molar-refractivity contribution is 0.472. The van der Waals surface area contributed by atoms with E-state index < -0.39 is 0 Å². The molecule has 1 aromatic heterocycles. The van der Waals surface area contributed by atoms with Gasteiger partial charge in [-0.15, -0.1) is 0 Å². The number of aryl methyl sites for hydroxylation is 1. The third-order valence-electron chi connectivity index (χ3n) is 4.34. The van der Waals surface area contributed by atoms with E-state index in [9.17, 15) is 5.11 Å². The first-order valence-corrected chi connectivity index (χ1v) is 7.49. The molecule has 0 bridgehead atoms. The highest BCUT2D eigenvalue weighted by Crippen LogP contribution is 2.35. The second kappa shape index (κ2) is 4.92. The van der Waals surface area contributed by atoms with E-state index in [4.69, 9.17) is 0 Å². The average Bonchev–Trinajstić information content (AvgIpc) is 2.87. The molecule has 0 unspecified atom stereocenters. The van der Waals surface area contributed by atoms with Crippen molar-refractivity contribution in [2.75, 3.05) is 0 Å². The minimum absolute atomic E-state index is 0.351. The van der Waals surface area contributed by atoms with Gasteiger partial charge >= 0.3 is 0 Å². The number of hydrogen-bond donors (Lipinski definition) is 1. The number of para-hydroxylation sites is 1. The Kier molecular flexibility index (Phi) is 2.90. The molecule has 0 atom stereocenters. The Morgan fingerprint density at radius 3 is 2.36 bits per heavy atom. The zero-order valence-electron chi connectivity index (χ0n) is 12.5. The highest BCUT2D eigenvalue weighted by molar-refractivity contribution is 6.09. The molecule has 1 N–H and O–H groups in total. The Hall–Kier alpha value is -2.74. The topological polar surface area (TPSA) is 25.2 Å². The van der Waals surface area contributed by atoms with Gasteiger partial charge in [0, 0.05) is 28.4 Å². The maximum absolute atomic E-state index is 10.1. The standard InChI is InChI=1S/C20H17NO/c1-14-19(22)12-11-17-16-9-5-6-10-18(16)21(20(14)17)13-15-7-3-2-4-8-15/h2-12,22H,13H2,1H3. The van der Waals surface area contributed by atoms with Crippen molar-refractivity contribution in [1.29, 1.82) is 0 Å². The zero-order valence-corrected chi connectivity index (χ0v) is 12.5. The molecule has 2 heteroatoms. The van der Waals surface area contributed by atoms with Crippen LogP contribution in [0.25, 0.3) is 21.8 Å². The van der Waals surface area contributed by atoms with Crippen LogP contribution in [0.5, 0.6) is 5.75 Å². The second-order valence-corrected chi connectivity index (χ2v) is 5.69. The van der Waals surface area contributed by atoms with Crippen LogP contribution in [0.4, 0.5) is 0 Å². The molecule has 0 amide bonds. The van der Waals surface area contributed by atoms with Crippen molar-refractivity contribution in [3.05, 3.63) is 77.9 Å². The number of benzene rings is 3. The Labute approximate surface area is 129 Å². The zero-order chi connectivity index (χ0) is 15.1. The van der Waals surface area contributed by atoms with Crippen molar-refractivity contribution in [2.45, 2.75) is 13.5 Å². The molecule has 1 heterocycles. The van der Waals surface area contributed by atoms with Crippen LogP contribution in [-0.2, 0) is 6.54 Å². The maximum atomic E-state index is 10.1. The predicted molar refractivity (Wildman–Crippen MR) is 91.4 cm³/mol. The van der Waals surface area contributed by atoms with Crippen LogP contribution in [0, 0.1) is 6.92 Å². The SMILES string of the molecule is Cc1c(O)ccc2c3ccccc3n(Cc3ccccc3)c12. The lowest BCUT2D eigenvalue weighted by Gasteiger charge is -2.10. The fourth-order valence-electron chi connectivity index (χ4n) is 3.24. The summed E-state index contributed by atoms with van der Waals surface area (Å²) in [5.41, 5.74) is 4.51. The van der Waals surface area contributed by atoms with E-state index in [-0.39, 0.29) is 0 Å². The lowest BCUT2D eigenvalue weighted by atomic mass is 10.1. The molecule has 4 rings (SSSR count). The number of phenols is 1. The van der Waals surface area contributed by atoms with Gasteiger partial charge in [-0.2, -0.15) is 0 Å². The van der Waals surface area contributed by atoms with E-state index in [2.05, 4.69) is 53.1 Å². The summed E-state index contributed by atoms with van der Waals surface area (Å²) < 4.78 is 2.30. The molecule has 2 nitrogen and oxygen atoms in total. The summed E-state index contributed by atoms with van der Waals surface area (Å²) in [6.07, 6.45) is 0. The summed E-state index contributed by atoms with van der Waals surface area (Å²) in [5.74, 6) is 0.351. The maximum Gasteiger partial charge on any atom is 0.120 e. The fourth-order valence-corrected chi connectivity index (χ4v) is 3.24. The number of aromatic nitrogens is 1. The van der Waals surface area contributed by atoms with Gasteiger partial charge in [0.15, 0.2) is 0 Å². The van der Waals surface area contributed by atoms with Crippen LogP contribution < -0.4 is 0 Å². The molecule has 0 saturated carbocycles. The van der Waals surface area contributed by atoms with Gasteiger partial charge in [-0.3, -0.25) is 0 Å². The summed E-state index contributed by atoms with van der Waals surface area (Å²) in [7, 11) is 0. The Morgan fingerprint density at radius 2 is 1.55 bits per heavy atom. The molecule has 0 aliphatic heterocycles. The van der Waals surface area contributed by atoms with Gasteiger partial charge in [-0.1, -0.05) is 48.5 Å². The van der Waals surface area contributed by atoms with E-state index >= 15 is 0 Å². The van der Waals surface area contributed by atoms with Crippen LogP contribution in [0.3, 0.4) is 0 Å². The summed E-state index contributed by atoms with van der Waals surface area (Å²) in [5, 5.41) is 12.5. The van der Waals surface area contributed by atoms with Gasteiger partial charge in [0.2, 0.25) is 0 Å². The number of hydrogen-bond acceptors (Lipinski definition) is 1. The number of phenolic OH excluding ortho intramolecular Hbond substituents is 1. The highest BCUT2D eigenvalue weighted by atomic mass is 16.3. The molecule has 0 fully saturated rings. The van der Waals surface area contributed by atoms with Gasteiger partial charge in [0.05, 0.1) is 5.52 Å². The molecular weight excluding hydrogens is 270 g/mol. The van der Waals surface area contributed by atoms with Gasteiger partial charge in [-0.05, 0) is 30.7 Å². The number of aromatic hydroxyl groups is 1. The highest BCUT2D eigenvalue weighted by Gasteiger charge is 2.14. The quantitative estimate of drug-likeness (QED) is 0.560. The van der Waals surface area contributed by atoms with Crippen molar-refractivity contribution < 1.29 is 5.11 Å². The molecule has 3 aromatic carbocycles. The minimum Gasteiger partial charge on any atom is -0.508 e. The molecule has 0 aliphatic carbocycles. The molecule has 0 radical (unpaired) electrons. The number of fused-ring (bicyclic) bond motifs is 3. The average molecular weight is 287 g/mol. The smallest absolute Gasteiger partial charge is 0.120 e. The van der Waals surface area contributed by atoms with Crippen LogP contribution in [0.2, 0.25) is 0 Å². The minimum atomic E-state index is 0.351. The van der Waals surface area contributed by atoms with Crippen molar-refractivity contribution in [3.8, 4) is 5.75 Å². The fraction of sp³-hybridized carbons (Fsp3) is 0.100. The third-order valence-corrected chi connectivity index (χ3v) is 4.34. The molecule has 108 valence electrons. The molecular formula is C20H17NO. The largest absolute Gasteiger partial charge is 0.508 e. The predicted octanol–water partition coefficient (Wildman–Crippen LogP) is 4.86. The Morgan fingerprint density at radius 1 is 0.818 bits per heavy atom. The van der Waals surface area contributed by atoms with Crippen molar-refractivity contribution >= 4 is 21.8 Å². The van der Waals surface area contributed by atoms with Crippen LogP contribution in [-0.4, -0.2) is 9.67 Å². The third kappa shape index (κ3) is 1.88. The van der Waals surface area contributed by atoms with Crippen molar-refractivity contribution in [3.63, 3.8) is 0 Å². The lowest BCUT2D eigenvalue weighted by Crippen LogP contribution is -2.00. The first-order chi connectivity index (χ1) is 10.8. The van der Waals surface area contributed by atoms with Gasteiger partial charge < -0.3 is 9.67 Å². The van der Waals surface area contributed by atoms with E-state index in [1.165, 1.54) is 21.9 Å². The molecule has 4 aromatic rings. The second-order valence-electron chi connectivity index (χ2n) is 5.69. The Bertz CT molecular complexity index is 967. The van der Waals surface area contributed by atoms with Crippen molar-refractivity contribution in [1.82, 2.24) is 4.57 Å². The number of rotatable bonds is 2.